The molecule has 0 aliphatic rings. The van der Waals surface area contributed by atoms with E-state index in [1.165, 1.54) is 6.26 Å². The van der Waals surface area contributed by atoms with Crippen LogP contribution in [0.5, 0.6) is 0 Å². The summed E-state index contributed by atoms with van der Waals surface area (Å²) in [5.41, 5.74) is 0.995. The molecule has 27 heavy (non-hydrogen) atoms. The standard InChI is InChI=1S/C20H16N2O5/c23-19(25-13-18-21-22-20(27-18)17-7-4-12-24-17)11-9-15-8-10-16(26-15)14-5-2-1-3-6-14/h1-8,10,12H,9,11,13H2. The third kappa shape index (κ3) is 4.14. The topological polar surface area (TPSA) is 91.5 Å². The summed E-state index contributed by atoms with van der Waals surface area (Å²) in [6.07, 6.45) is 2.16. The van der Waals surface area contributed by atoms with Gasteiger partial charge in [0.1, 0.15) is 11.5 Å². The van der Waals surface area contributed by atoms with Gasteiger partial charge in [-0.25, -0.2) is 0 Å². The Balaban J connectivity index is 1.26. The average Bonchev–Trinajstić information content (AvgIpc) is 3.47. The smallest absolute Gasteiger partial charge is 0.306 e. The summed E-state index contributed by atoms with van der Waals surface area (Å²) in [5, 5.41) is 7.67. The molecule has 0 N–H and O–H groups in total. The van der Waals surface area contributed by atoms with Gasteiger partial charge in [-0.15, -0.1) is 10.2 Å². The molecule has 4 aromatic rings. The molecule has 1 aromatic carbocycles. The van der Waals surface area contributed by atoms with E-state index in [9.17, 15) is 4.79 Å². The molecule has 0 saturated carbocycles. The molecule has 4 rings (SSSR count). The summed E-state index contributed by atoms with van der Waals surface area (Å²) < 4.78 is 21.5. The van der Waals surface area contributed by atoms with E-state index in [4.69, 9.17) is 18.0 Å². The molecular weight excluding hydrogens is 348 g/mol. The minimum Gasteiger partial charge on any atom is -0.461 e. The molecule has 7 nitrogen and oxygen atoms in total. The van der Waals surface area contributed by atoms with Crippen molar-refractivity contribution in [1.82, 2.24) is 10.2 Å². The SMILES string of the molecule is O=C(CCc1ccc(-c2ccccc2)o1)OCc1nnc(-c2ccco2)o1. The number of hydrogen-bond donors (Lipinski definition) is 0. The van der Waals surface area contributed by atoms with Crippen LogP contribution in [-0.2, 0) is 22.6 Å². The molecule has 3 heterocycles. The van der Waals surface area contributed by atoms with Crippen molar-refractivity contribution in [3.8, 4) is 23.0 Å². The number of aryl methyl sites for hydroxylation is 1. The first-order valence-electron chi connectivity index (χ1n) is 8.44. The predicted octanol–water partition coefficient (Wildman–Crippen LogP) is 4.27. The Morgan fingerprint density at radius 1 is 0.926 bits per heavy atom. The average molecular weight is 364 g/mol. The molecule has 0 amide bonds. The number of aromatic nitrogens is 2. The number of esters is 1. The van der Waals surface area contributed by atoms with E-state index >= 15 is 0 Å². The van der Waals surface area contributed by atoms with Crippen LogP contribution in [0.25, 0.3) is 23.0 Å². The zero-order valence-electron chi connectivity index (χ0n) is 14.3. The van der Waals surface area contributed by atoms with Crippen LogP contribution in [0.1, 0.15) is 18.1 Å². The lowest BCUT2D eigenvalue weighted by Gasteiger charge is -2.01. The Labute approximate surface area is 154 Å². The maximum Gasteiger partial charge on any atom is 0.306 e. The van der Waals surface area contributed by atoms with Crippen molar-refractivity contribution in [2.24, 2.45) is 0 Å². The highest BCUT2D eigenvalue weighted by atomic mass is 16.5. The van der Waals surface area contributed by atoms with Crippen LogP contribution in [0.2, 0.25) is 0 Å². The predicted molar refractivity (Wildman–Crippen MR) is 94.3 cm³/mol. The molecule has 3 aromatic heterocycles. The van der Waals surface area contributed by atoms with E-state index in [1.807, 2.05) is 42.5 Å². The van der Waals surface area contributed by atoms with Gasteiger partial charge >= 0.3 is 5.97 Å². The van der Waals surface area contributed by atoms with E-state index in [2.05, 4.69) is 10.2 Å². The van der Waals surface area contributed by atoms with Crippen molar-refractivity contribution >= 4 is 5.97 Å². The fourth-order valence-corrected chi connectivity index (χ4v) is 2.52. The lowest BCUT2D eigenvalue weighted by molar-refractivity contribution is -0.145. The Morgan fingerprint density at radius 3 is 2.63 bits per heavy atom. The number of rotatable bonds is 7. The summed E-state index contributed by atoms with van der Waals surface area (Å²) in [6.45, 7) is -0.0834. The van der Waals surface area contributed by atoms with E-state index in [0.29, 0.717) is 12.2 Å². The second-order valence-corrected chi connectivity index (χ2v) is 5.77. The van der Waals surface area contributed by atoms with Crippen molar-refractivity contribution in [2.45, 2.75) is 19.4 Å². The number of benzene rings is 1. The summed E-state index contributed by atoms with van der Waals surface area (Å²) in [6, 6.07) is 17.0. The number of hydrogen-bond acceptors (Lipinski definition) is 7. The van der Waals surface area contributed by atoms with Crippen LogP contribution in [0.3, 0.4) is 0 Å². The van der Waals surface area contributed by atoms with Gasteiger partial charge in [-0.1, -0.05) is 30.3 Å². The van der Waals surface area contributed by atoms with Gasteiger partial charge in [0.05, 0.1) is 12.7 Å². The highest BCUT2D eigenvalue weighted by molar-refractivity contribution is 5.69. The molecular formula is C20H16N2O5. The van der Waals surface area contributed by atoms with Crippen LogP contribution in [0, 0.1) is 0 Å². The Kier molecular flexibility index (Phi) is 4.82. The molecule has 136 valence electrons. The molecule has 0 radical (unpaired) electrons. The maximum atomic E-state index is 11.9. The molecule has 0 saturated heterocycles. The van der Waals surface area contributed by atoms with Crippen molar-refractivity contribution in [3.63, 3.8) is 0 Å². The first-order valence-corrected chi connectivity index (χ1v) is 8.44. The van der Waals surface area contributed by atoms with Crippen molar-refractivity contribution in [3.05, 3.63) is 72.5 Å². The van der Waals surface area contributed by atoms with Crippen LogP contribution in [0.15, 0.2) is 74.1 Å². The van der Waals surface area contributed by atoms with Gasteiger partial charge in [-0.2, -0.15) is 0 Å². The maximum absolute atomic E-state index is 11.9. The van der Waals surface area contributed by atoms with Crippen molar-refractivity contribution < 1.29 is 22.8 Å². The highest BCUT2D eigenvalue weighted by Gasteiger charge is 2.13. The molecule has 0 aliphatic heterocycles. The van der Waals surface area contributed by atoms with E-state index in [0.717, 1.165) is 17.1 Å². The number of carbonyl (C=O) groups is 1. The number of nitrogens with zero attached hydrogens (tertiary/aromatic N) is 2. The summed E-state index contributed by atoms with van der Waals surface area (Å²) in [5.74, 6) is 2.05. The van der Waals surface area contributed by atoms with Crippen LogP contribution in [-0.4, -0.2) is 16.2 Å². The minimum absolute atomic E-state index is 0.0834. The largest absolute Gasteiger partial charge is 0.461 e. The lowest BCUT2D eigenvalue weighted by atomic mass is 10.2. The molecule has 7 heteroatoms. The third-order valence-corrected chi connectivity index (χ3v) is 3.85. The molecule has 0 atom stereocenters. The highest BCUT2D eigenvalue weighted by Crippen LogP contribution is 2.22. The second kappa shape index (κ2) is 7.74. The lowest BCUT2D eigenvalue weighted by Crippen LogP contribution is -2.05. The van der Waals surface area contributed by atoms with Gasteiger partial charge < -0.3 is 18.0 Å². The van der Waals surface area contributed by atoms with Gasteiger partial charge in [0.25, 0.3) is 11.8 Å². The van der Waals surface area contributed by atoms with E-state index in [-0.39, 0.29) is 30.8 Å². The fourth-order valence-electron chi connectivity index (χ4n) is 2.52. The normalized spacial score (nSPS) is 10.8. The molecule has 0 spiro atoms. The minimum atomic E-state index is -0.370. The molecule has 0 fully saturated rings. The van der Waals surface area contributed by atoms with Crippen LogP contribution < -0.4 is 0 Å². The Hall–Kier alpha value is -3.61. The van der Waals surface area contributed by atoms with E-state index in [1.54, 1.807) is 12.1 Å². The van der Waals surface area contributed by atoms with Crippen LogP contribution in [0.4, 0.5) is 0 Å². The summed E-state index contributed by atoms with van der Waals surface area (Å²) in [7, 11) is 0. The van der Waals surface area contributed by atoms with Gasteiger partial charge in [0.2, 0.25) is 0 Å². The first-order chi connectivity index (χ1) is 13.3. The third-order valence-electron chi connectivity index (χ3n) is 3.85. The zero-order valence-corrected chi connectivity index (χ0v) is 14.3. The Morgan fingerprint density at radius 2 is 1.81 bits per heavy atom. The second-order valence-electron chi connectivity index (χ2n) is 5.77. The number of carbonyl (C=O) groups excluding carboxylic acids is 1. The van der Waals surface area contributed by atoms with Crippen molar-refractivity contribution in [2.75, 3.05) is 0 Å². The van der Waals surface area contributed by atoms with E-state index < -0.39 is 0 Å². The number of ether oxygens (including phenoxy) is 1. The molecule has 0 aliphatic carbocycles. The van der Waals surface area contributed by atoms with Gasteiger partial charge in [0.15, 0.2) is 12.4 Å². The van der Waals surface area contributed by atoms with Gasteiger partial charge in [-0.05, 0) is 24.3 Å². The Bertz CT molecular complexity index is 1000. The first kappa shape index (κ1) is 16.8. The number of furan rings is 2. The summed E-state index contributed by atoms with van der Waals surface area (Å²) >= 11 is 0. The zero-order chi connectivity index (χ0) is 18.5. The summed E-state index contributed by atoms with van der Waals surface area (Å²) in [4.78, 5) is 11.9. The molecule has 0 unspecified atom stereocenters. The van der Waals surface area contributed by atoms with Gasteiger partial charge in [0, 0.05) is 12.0 Å². The quantitative estimate of drug-likeness (QED) is 0.452. The monoisotopic (exact) mass is 364 g/mol. The fraction of sp³-hybridized carbons (Fsp3) is 0.150. The molecule has 0 bridgehead atoms. The van der Waals surface area contributed by atoms with Gasteiger partial charge in [-0.3, -0.25) is 4.79 Å². The van der Waals surface area contributed by atoms with Crippen LogP contribution >= 0.6 is 0 Å². The van der Waals surface area contributed by atoms with Crippen molar-refractivity contribution in [1.29, 1.82) is 0 Å².